The highest BCUT2D eigenvalue weighted by Crippen LogP contribution is 2.23. The van der Waals surface area contributed by atoms with Crippen LogP contribution in [0.2, 0.25) is 0 Å². The van der Waals surface area contributed by atoms with Crippen molar-refractivity contribution in [3.8, 4) is 0 Å². The van der Waals surface area contributed by atoms with E-state index < -0.39 is 5.97 Å². The van der Waals surface area contributed by atoms with Gasteiger partial charge in [0, 0.05) is 25.1 Å². The molecule has 1 heterocycles. The first-order chi connectivity index (χ1) is 9.16. The lowest BCUT2D eigenvalue weighted by molar-refractivity contribution is -0.138. The van der Waals surface area contributed by atoms with Gasteiger partial charge in [0.05, 0.1) is 6.61 Å². The van der Waals surface area contributed by atoms with E-state index in [0.717, 1.165) is 38.7 Å². The Kier molecular flexibility index (Phi) is 5.01. The predicted octanol–water partition coefficient (Wildman–Crippen LogP) is 1.06. The molecule has 0 spiro atoms. The first-order valence-corrected chi connectivity index (χ1v) is 7.01. The number of rotatable bonds is 5. The van der Waals surface area contributed by atoms with Crippen molar-refractivity contribution in [1.29, 1.82) is 0 Å². The van der Waals surface area contributed by atoms with Gasteiger partial charge in [0.15, 0.2) is 0 Å². The summed E-state index contributed by atoms with van der Waals surface area (Å²) in [6.07, 6.45) is 4.93. The molecule has 2 amide bonds. The van der Waals surface area contributed by atoms with Crippen LogP contribution in [-0.2, 0) is 9.53 Å². The van der Waals surface area contributed by atoms with E-state index in [-0.39, 0.29) is 18.6 Å². The molecule has 0 aromatic carbocycles. The lowest BCUT2D eigenvalue weighted by Crippen LogP contribution is -2.48. The van der Waals surface area contributed by atoms with Crippen LogP contribution in [0, 0.1) is 5.92 Å². The summed E-state index contributed by atoms with van der Waals surface area (Å²) in [5.74, 6) is -0.592. The van der Waals surface area contributed by atoms with Gasteiger partial charge in [-0.2, -0.15) is 0 Å². The monoisotopic (exact) mass is 270 g/mol. The highest BCUT2D eigenvalue weighted by molar-refractivity contribution is 5.80. The van der Waals surface area contributed by atoms with Crippen molar-refractivity contribution in [2.24, 2.45) is 5.92 Å². The zero-order valence-corrected chi connectivity index (χ0v) is 11.1. The molecule has 0 radical (unpaired) electrons. The second-order valence-electron chi connectivity index (χ2n) is 5.38. The zero-order valence-electron chi connectivity index (χ0n) is 11.1. The molecule has 1 unspecified atom stereocenters. The maximum absolute atomic E-state index is 12.1. The summed E-state index contributed by atoms with van der Waals surface area (Å²) in [5.41, 5.74) is 0. The predicted molar refractivity (Wildman–Crippen MR) is 68.9 cm³/mol. The third-order valence-corrected chi connectivity index (χ3v) is 3.90. The van der Waals surface area contributed by atoms with E-state index in [0.29, 0.717) is 19.1 Å². The Bertz CT molecular complexity index is 323. The van der Waals surface area contributed by atoms with Gasteiger partial charge in [-0.1, -0.05) is 12.8 Å². The van der Waals surface area contributed by atoms with Gasteiger partial charge in [0.2, 0.25) is 0 Å². The summed E-state index contributed by atoms with van der Waals surface area (Å²) in [7, 11) is 0. The molecule has 0 aromatic heterocycles. The molecule has 108 valence electrons. The molecule has 2 N–H and O–H groups in total. The highest BCUT2D eigenvalue weighted by atomic mass is 16.5. The van der Waals surface area contributed by atoms with E-state index >= 15 is 0 Å². The molecule has 1 aliphatic heterocycles. The van der Waals surface area contributed by atoms with Gasteiger partial charge in [-0.3, -0.25) is 4.79 Å². The topological polar surface area (TPSA) is 78.9 Å². The molecule has 1 aliphatic carbocycles. The van der Waals surface area contributed by atoms with Crippen molar-refractivity contribution in [2.75, 3.05) is 26.3 Å². The van der Waals surface area contributed by atoms with Gasteiger partial charge >= 0.3 is 12.0 Å². The molecule has 0 bridgehead atoms. The number of nitrogens with one attached hydrogen (secondary N) is 1. The van der Waals surface area contributed by atoms with Crippen molar-refractivity contribution in [3.63, 3.8) is 0 Å². The van der Waals surface area contributed by atoms with Crippen molar-refractivity contribution in [3.05, 3.63) is 0 Å². The molecule has 1 saturated carbocycles. The average Bonchev–Trinajstić information content (AvgIpc) is 3.05. The van der Waals surface area contributed by atoms with Crippen molar-refractivity contribution in [1.82, 2.24) is 10.2 Å². The van der Waals surface area contributed by atoms with Gasteiger partial charge in [-0.15, -0.1) is 0 Å². The molecule has 6 nitrogen and oxygen atoms in total. The molecule has 1 atom stereocenters. The van der Waals surface area contributed by atoms with E-state index in [1.54, 1.807) is 0 Å². The Morgan fingerprint density at radius 3 is 2.58 bits per heavy atom. The fourth-order valence-corrected chi connectivity index (χ4v) is 2.81. The van der Waals surface area contributed by atoms with Crippen LogP contribution in [0.25, 0.3) is 0 Å². The number of carbonyl (C=O) groups is 2. The summed E-state index contributed by atoms with van der Waals surface area (Å²) in [6, 6.07) is -0.169. The van der Waals surface area contributed by atoms with Crippen LogP contribution >= 0.6 is 0 Å². The smallest absolute Gasteiger partial charge is 0.323 e. The zero-order chi connectivity index (χ0) is 13.7. The quantitative estimate of drug-likeness (QED) is 0.783. The van der Waals surface area contributed by atoms with Crippen molar-refractivity contribution >= 4 is 12.0 Å². The maximum Gasteiger partial charge on any atom is 0.323 e. The number of amides is 2. The molecule has 2 fully saturated rings. The average molecular weight is 270 g/mol. The van der Waals surface area contributed by atoms with E-state index in [2.05, 4.69) is 5.32 Å². The number of hydrogen-bond acceptors (Lipinski definition) is 3. The standard InChI is InChI=1S/C13H22N2O4/c16-12(17)8-15(11-3-1-2-4-11)13(18)14-7-10-5-6-19-9-10/h10-11H,1-9H2,(H,14,18)(H,16,17). The van der Waals surface area contributed by atoms with Crippen molar-refractivity contribution in [2.45, 2.75) is 38.1 Å². The van der Waals surface area contributed by atoms with Crippen LogP contribution < -0.4 is 5.32 Å². The first kappa shape index (κ1) is 14.1. The maximum atomic E-state index is 12.1. The summed E-state index contributed by atoms with van der Waals surface area (Å²) in [6.45, 7) is 1.80. The summed E-state index contributed by atoms with van der Waals surface area (Å²) in [4.78, 5) is 24.5. The summed E-state index contributed by atoms with van der Waals surface area (Å²) >= 11 is 0. The van der Waals surface area contributed by atoms with E-state index in [1.165, 1.54) is 4.90 Å². The molecule has 2 rings (SSSR count). The number of carboxylic acid groups (broad SMARTS) is 1. The minimum absolute atomic E-state index is 0.0796. The third-order valence-electron chi connectivity index (χ3n) is 3.90. The number of carbonyl (C=O) groups excluding carboxylic acids is 1. The van der Waals surface area contributed by atoms with Gasteiger partial charge < -0.3 is 20.1 Å². The molecular formula is C13H22N2O4. The Balaban J connectivity index is 1.84. The summed E-state index contributed by atoms with van der Waals surface area (Å²) < 4.78 is 5.26. The minimum atomic E-state index is -0.953. The number of aliphatic carboxylic acids is 1. The van der Waals surface area contributed by atoms with Crippen LogP contribution in [0.1, 0.15) is 32.1 Å². The van der Waals surface area contributed by atoms with Crippen LogP contribution in [0.3, 0.4) is 0 Å². The Morgan fingerprint density at radius 1 is 1.26 bits per heavy atom. The van der Waals surface area contributed by atoms with Crippen molar-refractivity contribution < 1.29 is 19.4 Å². The highest BCUT2D eigenvalue weighted by Gasteiger charge is 2.28. The fourth-order valence-electron chi connectivity index (χ4n) is 2.81. The Labute approximate surface area is 113 Å². The second-order valence-corrected chi connectivity index (χ2v) is 5.38. The van der Waals surface area contributed by atoms with Gasteiger partial charge in [0.25, 0.3) is 0 Å². The molecule has 2 aliphatic rings. The van der Waals surface area contributed by atoms with E-state index in [9.17, 15) is 9.59 Å². The Hall–Kier alpha value is -1.30. The minimum Gasteiger partial charge on any atom is -0.480 e. The lowest BCUT2D eigenvalue weighted by Gasteiger charge is -2.28. The molecule has 1 saturated heterocycles. The molecule has 19 heavy (non-hydrogen) atoms. The summed E-state index contributed by atoms with van der Waals surface area (Å²) in [5, 5.41) is 11.8. The van der Waals surface area contributed by atoms with Crippen LogP contribution in [-0.4, -0.2) is 54.4 Å². The number of nitrogens with zero attached hydrogens (tertiary/aromatic N) is 1. The first-order valence-electron chi connectivity index (χ1n) is 7.01. The molecular weight excluding hydrogens is 248 g/mol. The van der Waals surface area contributed by atoms with E-state index in [4.69, 9.17) is 9.84 Å². The number of ether oxygens (including phenoxy) is 1. The normalized spacial score (nSPS) is 23.5. The molecule has 0 aromatic rings. The van der Waals surface area contributed by atoms with Crippen LogP contribution in [0.5, 0.6) is 0 Å². The number of urea groups is 1. The largest absolute Gasteiger partial charge is 0.480 e. The third kappa shape index (κ3) is 4.09. The molecule has 6 heteroatoms. The van der Waals surface area contributed by atoms with E-state index in [1.807, 2.05) is 0 Å². The SMILES string of the molecule is O=C(O)CN(C(=O)NCC1CCOC1)C1CCCC1. The fraction of sp³-hybridized carbons (Fsp3) is 0.846. The van der Waals surface area contributed by atoms with Crippen LogP contribution in [0.4, 0.5) is 4.79 Å². The lowest BCUT2D eigenvalue weighted by atomic mass is 10.1. The van der Waals surface area contributed by atoms with Crippen LogP contribution in [0.15, 0.2) is 0 Å². The van der Waals surface area contributed by atoms with Gasteiger partial charge in [0.1, 0.15) is 6.54 Å². The van der Waals surface area contributed by atoms with Gasteiger partial charge in [-0.05, 0) is 19.3 Å². The van der Waals surface area contributed by atoms with Gasteiger partial charge in [-0.25, -0.2) is 4.79 Å². The Morgan fingerprint density at radius 2 is 2.00 bits per heavy atom. The second kappa shape index (κ2) is 6.75. The number of carboxylic acids is 1. The number of hydrogen-bond donors (Lipinski definition) is 2.